The quantitative estimate of drug-likeness (QED) is 0.744. The molecule has 0 fully saturated rings. The Labute approximate surface area is 119 Å². The first-order chi connectivity index (χ1) is 10.1. The smallest absolute Gasteiger partial charge is 0.356 e. The average molecular weight is 281 g/mol. The fourth-order valence-corrected chi connectivity index (χ4v) is 2.26. The van der Waals surface area contributed by atoms with Crippen molar-refractivity contribution in [2.75, 3.05) is 0 Å². The molecule has 0 bridgehead atoms. The van der Waals surface area contributed by atoms with Gasteiger partial charge in [0.15, 0.2) is 12.0 Å². The Balaban J connectivity index is 2.25. The number of aromatic carboxylic acids is 1. The lowest BCUT2D eigenvalue weighted by Gasteiger charge is -2.07. The Morgan fingerprint density at radius 1 is 1.33 bits per heavy atom. The molecule has 0 atom stereocenters. The first kappa shape index (κ1) is 13.0. The summed E-state index contributed by atoms with van der Waals surface area (Å²) in [5.74, 6) is -1.09. The van der Waals surface area contributed by atoms with Gasteiger partial charge in [-0.3, -0.25) is 9.78 Å². The molecular formula is C15H11N3O3. The van der Waals surface area contributed by atoms with Crippen molar-refractivity contribution in [3.63, 3.8) is 0 Å². The molecule has 21 heavy (non-hydrogen) atoms. The van der Waals surface area contributed by atoms with Gasteiger partial charge in [0, 0.05) is 22.8 Å². The molecule has 2 aromatic heterocycles. The van der Waals surface area contributed by atoms with Crippen LogP contribution in [-0.2, 0) is 0 Å². The molecule has 0 saturated heterocycles. The molecule has 104 valence electrons. The zero-order valence-corrected chi connectivity index (χ0v) is 11.1. The number of aryl methyl sites for hydroxylation is 1. The topological polar surface area (TPSA) is 85.1 Å². The highest BCUT2D eigenvalue weighted by molar-refractivity contribution is 5.97. The molecule has 0 aliphatic heterocycles. The Hall–Kier alpha value is -3.02. The minimum Gasteiger partial charge on any atom is -0.476 e. The minimum atomic E-state index is -1.09. The Bertz CT molecular complexity index is 868. The van der Waals surface area contributed by atoms with E-state index in [1.807, 2.05) is 12.1 Å². The third-order valence-corrected chi connectivity index (χ3v) is 3.20. The number of carbonyl (C=O) groups is 2. The molecule has 6 nitrogen and oxygen atoms in total. The molecule has 6 heteroatoms. The van der Waals surface area contributed by atoms with Gasteiger partial charge in [0.2, 0.25) is 0 Å². The number of pyridine rings is 1. The molecule has 0 aliphatic carbocycles. The minimum absolute atomic E-state index is 0.0357. The van der Waals surface area contributed by atoms with Crippen molar-refractivity contribution >= 4 is 23.2 Å². The predicted molar refractivity (Wildman–Crippen MR) is 75.9 cm³/mol. The fourth-order valence-electron chi connectivity index (χ4n) is 2.26. The van der Waals surface area contributed by atoms with Gasteiger partial charge < -0.3 is 5.11 Å². The SMILES string of the molecule is Cc1cc(C(=O)O)nn1-c1cc(C=O)c2ncccc2c1. The number of hydrogen-bond donors (Lipinski definition) is 1. The molecule has 3 rings (SSSR count). The van der Waals surface area contributed by atoms with Crippen LogP contribution in [0.4, 0.5) is 0 Å². The van der Waals surface area contributed by atoms with E-state index in [1.54, 1.807) is 25.3 Å². The van der Waals surface area contributed by atoms with Crippen LogP contribution in [0.1, 0.15) is 26.5 Å². The third kappa shape index (κ3) is 2.16. The van der Waals surface area contributed by atoms with E-state index < -0.39 is 5.97 Å². The van der Waals surface area contributed by atoms with Gasteiger partial charge in [0.1, 0.15) is 0 Å². The number of carbonyl (C=O) groups excluding carboxylic acids is 1. The van der Waals surface area contributed by atoms with Crippen molar-refractivity contribution in [1.29, 1.82) is 0 Å². The van der Waals surface area contributed by atoms with E-state index >= 15 is 0 Å². The van der Waals surface area contributed by atoms with Crippen LogP contribution in [0.15, 0.2) is 36.5 Å². The Kier molecular flexibility index (Phi) is 2.98. The number of carboxylic acid groups (broad SMARTS) is 1. The zero-order valence-electron chi connectivity index (χ0n) is 11.1. The van der Waals surface area contributed by atoms with Crippen LogP contribution < -0.4 is 0 Å². The van der Waals surface area contributed by atoms with Crippen LogP contribution in [0.2, 0.25) is 0 Å². The molecule has 0 unspecified atom stereocenters. The summed E-state index contributed by atoms with van der Waals surface area (Å²) in [4.78, 5) is 26.4. The van der Waals surface area contributed by atoms with E-state index in [0.29, 0.717) is 22.5 Å². The molecule has 0 radical (unpaired) electrons. The van der Waals surface area contributed by atoms with Gasteiger partial charge in [-0.05, 0) is 31.2 Å². The molecule has 0 spiro atoms. The molecule has 3 aromatic rings. The number of aldehydes is 1. The van der Waals surface area contributed by atoms with Crippen LogP contribution in [0.3, 0.4) is 0 Å². The van der Waals surface area contributed by atoms with Gasteiger partial charge >= 0.3 is 5.97 Å². The summed E-state index contributed by atoms with van der Waals surface area (Å²) >= 11 is 0. The fraction of sp³-hybridized carbons (Fsp3) is 0.0667. The zero-order chi connectivity index (χ0) is 15.0. The molecule has 0 saturated carbocycles. The monoisotopic (exact) mass is 281 g/mol. The van der Waals surface area contributed by atoms with Crippen molar-refractivity contribution in [2.24, 2.45) is 0 Å². The molecule has 1 N–H and O–H groups in total. The Morgan fingerprint density at radius 3 is 2.81 bits per heavy atom. The van der Waals surface area contributed by atoms with Gasteiger partial charge in [-0.25, -0.2) is 9.48 Å². The van der Waals surface area contributed by atoms with Crippen molar-refractivity contribution < 1.29 is 14.7 Å². The number of hydrogen-bond acceptors (Lipinski definition) is 4. The van der Waals surface area contributed by atoms with Crippen molar-refractivity contribution in [3.8, 4) is 5.69 Å². The molecular weight excluding hydrogens is 270 g/mol. The van der Waals surface area contributed by atoms with E-state index in [4.69, 9.17) is 5.11 Å². The standard InChI is InChI=1S/C15H11N3O3/c1-9-5-13(15(20)21)17-18(9)12-6-10-3-2-4-16-14(10)11(7-12)8-19/h2-8H,1H3,(H,20,21). The molecule has 0 aliphatic rings. The Morgan fingerprint density at radius 2 is 2.14 bits per heavy atom. The second kappa shape index (κ2) is 4.82. The lowest BCUT2D eigenvalue weighted by atomic mass is 10.1. The van der Waals surface area contributed by atoms with E-state index in [1.165, 1.54) is 10.7 Å². The number of fused-ring (bicyclic) bond motifs is 1. The van der Waals surface area contributed by atoms with Gasteiger partial charge in [-0.15, -0.1) is 0 Å². The van der Waals surface area contributed by atoms with Gasteiger partial charge in [-0.1, -0.05) is 6.07 Å². The second-order valence-electron chi connectivity index (χ2n) is 4.62. The predicted octanol–water partition coefficient (Wildman–Crippen LogP) is 2.24. The summed E-state index contributed by atoms with van der Waals surface area (Å²) in [5.41, 5.74) is 2.32. The summed E-state index contributed by atoms with van der Waals surface area (Å²) in [5, 5.41) is 13.8. The largest absolute Gasteiger partial charge is 0.476 e. The van der Waals surface area contributed by atoms with E-state index in [-0.39, 0.29) is 5.69 Å². The van der Waals surface area contributed by atoms with Gasteiger partial charge in [0.25, 0.3) is 0 Å². The summed E-state index contributed by atoms with van der Waals surface area (Å²) < 4.78 is 1.50. The lowest BCUT2D eigenvalue weighted by Crippen LogP contribution is -2.03. The molecule has 1 aromatic carbocycles. The third-order valence-electron chi connectivity index (χ3n) is 3.20. The maximum Gasteiger partial charge on any atom is 0.356 e. The second-order valence-corrected chi connectivity index (χ2v) is 4.62. The van der Waals surface area contributed by atoms with Crippen molar-refractivity contribution in [1.82, 2.24) is 14.8 Å². The average Bonchev–Trinajstić information content (AvgIpc) is 2.88. The first-order valence-corrected chi connectivity index (χ1v) is 6.24. The van der Waals surface area contributed by atoms with Crippen LogP contribution in [-0.4, -0.2) is 32.1 Å². The molecule has 0 amide bonds. The maximum absolute atomic E-state index is 11.2. The van der Waals surface area contributed by atoms with Crippen molar-refractivity contribution in [3.05, 3.63) is 53.5 Å². The first-order valence-electron chi connectivity index (χ1n) is 6.24. The summed E-state index contributed by atoms with van der Waals surface area (Å²) in [6, 6.07) is 8.57. The number of nitrogens with zero attached hydrogens (tertiary/aromatic N) is 3. The normalized spacial score (nSPS) is 10.7. The lowest BCUT2D eigenvalue weighted by molar-refractivity contribution is 0.0690. The van der Waals surface area contributed by atoms with Crippen LogP contribution in [0.5, 0.6) is 0 Å². The highest BCUT2D eigenvalue weighted by atomic mass is 16.4. The maximum atomic E-state index is 11.2. The van der Waals surface area contributed by atoms with Crippen molar-refractivity contribution in [2.45, 2.75) is 6.92 Å². The molecule has 2 heterocycles. The van der Waals surface area contributed by atoms with Gasteiger partial charge in [-0.2, -0.15) is 5.10 Å². The number of carboxylic acids is 1. The van der Waals surface area contributed by atoms with Crippen LogP contribution >= 0.6 is 0 Å². The number of rotatable bonds is 3. The van der Waals surface area contributed by atoms with Gasteiger partial charge in [0.05, 0.1) is 11.2 Å². The van der Waals surface area contributed by atoms with E-state index in [0.717, 1.165) is 11.7 Å². The van der Waals surface area contributed by atoms with E-state index in [9.17, 15) is 9.59 Å². The summed E-state index contributed by atoms with van der Waals surface area (Å²) in [7, 11) is 0. The van der Waals surface area contributed by atoms with E-state index in [2.05, 4.69) is 10.1 Å². The number of aromatic nitrogens is 3. The summed E-state index contributed by atoms with van der Waals surface area (Å²) in [6.07, 6.45) is 2.35. The highest BCUT2D eigenvalue weighted by Crippen LogP contribution is 2.21. The highest BCUT2D eigenvalue weighted by Gasteiger charge is 2.13. The number of benzene rings is 1. The summed E-state index contributed by atoms with van der Waals surface area (Å²) in [6.45, 7) is 1.76. The van der Waals surface area contributed by atoms with Crippen LogP contribution in [0.25, 0.3) is 16.6 Å². The van der Waals surface area contributed by atoms with Crippen LogP contribution in [0, 0.1) is 6.92 Å².